The first-order valence-corrected chi connectivity index (χ1v) is 11.7. The molecule has 4 heterocycles. The second-order valence-electron chi connectivity index (χ2n) is 7.47. The minimum Gasteiger partial charge on any atom is -0.282 e. The van der Waals surface area contributed by atoms with Crippen molar-refractivity contribution in [1.82, 2.24) is 34.3 Å². The predicted molar refractivity (Wildman–Crippen MR) is 103 cm³/mol. The number of hydrogen-bond acceptors (Lipinski definition) is 7. The summed E-state index contributed by atoms with van der Waals surface area (Å²) in [6.07, 6.45) is 3.65. The summed E-state index contributed by atoms with van der Waals surface area (Å²) in [6, 6.07) is 2.04. The fraction of sp³-hybridized carbons (Fsp3) is 0.625. The Hall–Kier alpha value is -1.85. The fourth-order valence-corrected chi connectivity index (χ4v) is 5.13. The molecule has 1 N–H and O–H groups in total. The number of fused-ring (bicyclic) bond motifs is 1. The van der Waals surface area contributed by atoms with Crippen LogP contribution < -0.4 is 0 Å². The monoisotopic (exact) mass is 409 g/mol. The number of sulfonamides is 1. The molecule has 0 spiro atoms. The maximum Gasteiger partial charge on any atom is 0.235 e. The zero-order valence-corrected chi connectivity index (χ0v) is 17.2. The molecule has 9 nitrogen and oxygen atoms in total. The van der Waals surface area contributed by atoms with Gasteiger partial charge in [0.05, 0.1) is 6.26 Å². The van der Waals surface area contributed by atoms with E-state index in [0.29, 0.717) is 19.0 Å². The van der Waals surface area contributed by atoms with Gasteiger partial charge in [0.15, 0.2) is 10.8 Å². The van der Waals surface area contributed by atoms with Crippen molar-refractivity contribution in [1.29, 1.82) is 0 Å². The Labute approximate surface area is 161 Å². The Morgan fingerprint density at radius 1 is 1.30 bits per heavy atom. The highest BCUT2D eigenvalue weighted by Crippen LogP contribution is 2.31. The van der Waals surface area contributed by atoms with Crippen molar-refractivity contribution in [2.75, 3.05) is 19.3 Å². The van der Waals surface area contributed by atoms with Gasteiger partial charge in [-0.2, -0.15) is 14.7 Å². The van der Waals surface area contributed by atoms with Gasteiger partial charge < -0.3 is 0 Å². The molecule has 0 amide bonds. The van der Waals surface area contributed by atoms with Crippen LogP contribution in [0.3, 0.4) is 0 Å². The Morgan fingerprint density at radius 2 is 2.04 bits per heavy atom. The molecular formula is C16H23N7O2S2. The Balaban J connectivity index is 1.55. The number of nitrogens with one attached hydrogen (secondary N) is 1. The second-order valence-corrected chi connectivity index (χ2v) is 10.4. The van der Waals surface area contributed by atoms with Gasteiger partial charge in [-0.25, -0.2) is 12.7 Å². The summed E-state index contributed by atoms with van der Waals surface area (Å²) in [4.78, 5) is 0.735. The lowest BCUT2D eigenvalue weighted by atomic mass is 9.97. The van der Waals surface area contributed by atoms with E-state index in [-0.39, 0.29) is 5.92 Å². The highest BCUT2D eigenvalue weighted by atomic mass is 32.2. The average molecular weight is 410 g/mol. The quantitative estimate of drug-likeness (QED) is 0.689. The van der Waals surface area contributed by atoms with Crippen LogP contribution in [0, 0.1) is 5.92 Å². The zero-order chi connectivity index (χ0) is 19.2. The van der Waals surface area contributed by atoms with Gasteiger partial charge in [0.1, 0.15) is 5.69 Å². The molecule has 11 heteroatoms. The van der Waals surface area contributed by atoms with Crippen LogP contribution in [0.5, 0.6) is 0 Å². The van der Waals surface area contributed by atoms with Crippen LogP contribution in [0.4, 0.5) is 0 Å². The lowest BCUT2D eigenvalue weighted by Crippen LogP contribution is -2.37. The maximum atomic E-state index is 11.7. The molecule has 0 bridgehead atoms. The average Bonchev–Trinajstić information content (AvgIpc) is 3.28. The summed E-state index contributed by atoms with van der Waals surface area (Å²) in [7, 11) is -3.13. The molecule has 3 aromatic heterocycles. The van der Waals surface area contributed by atoms with Crippen molar-refractivity contribution in [3.05, 3.63) is 17.6 Å². The van der Waals surface area contributed by atoms with Gasteiger partial charge in [-0.15, -0.1) is 10.2 Å². The van der Waals surface area contributed by atoms with E-state index in [2.05, 4.69) is 39.3 Å². The van der Waals surface area contributed by atoms with Crippen LogP contribution in [0.2, 0.25) is 0 Å². The van der Waals surface area contributed by atoms with Crippen molar-refractivity contribution >= 4 is 26.3 Å². The third kappa shape index (κ3) is 3.76. The summed E-state index contributed by atoms with van der Waals surface area (Å²) in [6.45, 7) is 5.36. The van der Waals surface area contributed by atoms with Gasteiger partial charge in [0.2, 0.25) is 15.0 Å². The summed E-state index contributed by atoms with van der Waals surface area (Å²) in [5.41, 5.74) is 1.92. The smallest absolute Gasteiger partial charge is 0.235 e. The SMILES string of the molecule is CC(C)Cc1cc(-c2nn3c(C4CCN(S(C)(=O)=O)CC4)nnc3s2)n[nH]1. The van der Waals surface area contributed by atoms with Gasteiger partial charge in [-0.05, 0) is 31.2 Å². The maximum absolute atomic E-state index is 11.7. The van der Waals surface area contributed by atoms with Crippen LogP contribution >= 0.6 is 11.3 Å². The number of H-pyrrole nitrogens is 1. The molecule has 0 atom stereocenters. The van der Waals surface area contributed by atoms with Crippen molar-refractivity contribution in [3.63, 3.8) is 0 Å². The Morgan fingerprint density at radius 3 is 2.70 bits per heavy atom. The molecular weight excluding hydrogens is 386 g/mol. The minimum absolute atomic E-state index is 0.156. The molecule has 0 unspecified atom stereocenters. The minimum atomic E-state index is -3.13. The van der Waals surface area contributed by atoms with E-state index in [1.54, 1.807) is 4.52 Å². The molecule has 4 rings (SSSR count). The van der Waals surface area contributed by atoms with Gasteiger partial charge in [0, 0.05) is 24.7 Å². The summed E-state index contributed by atoms with van der Waals surface area (Å²) < 4.78 is 26.7. The molecule has 0 saturated carbocycles. The van der Waals surface area contributed by atoms with E-state index in [1.807, 2.05) is 6.07 Å². The van der Waals surface area contributed by atoms with Crippen molar-refractivity contribution < 1.29 is 8.42 Å². The molecule has 1 aliphatic heterocycles. The molecule has 1 fully saturated rings. The van der Waals surface area contributed by atoms with Gasteiger partial charge in [0.25, 0.3) is 0 Å². The van der Waals surface area contributed by atoms with Crippen LogP contribution in [-0.2, 0) is 16.4 Å². The molecule has 1 aliphatic rings. The first-order chi connectivity index (χ1) is 12.8. The van der Waals surface area contributed by atoms with E-state index < -0.39 is 10.0 Å². The standard InChI is InChI=1S/C16H23N7O2S2/c1-10(2)8-12-9-13(18-17-12)15-21-23-14(19-20-16(23)26-15)11-4-6-22(7-5-11)27(3,24)25/h9-11H,4-8H2,1-3H3,(H,17,18). The van der Waals surface area contributed by atoms with E-state index >= 15 is 0 Å². The molecule has 146 valence electrons. The number of piperidine rings is 1. The van der Waals surface area contributed by atoms with Crippen LogP contribution in [0.15, 0.2) is 6.07 Å². The predicted octanol–water partition coefficient (Wildman–Crippen LogP) is 1.91. The summed E-state index contributed by atoms with van der Waals surface area (Å²) in [5.74, 6) is 1.52. The van der Waals surface area contributed by atoms with E-state index in [9.17, 15) is 8.42 Å². The summed E-state index contributed by atoms with van der Waals surface area (Å²) >= 11 is 1.46. The highest BCUT2D eigenvalue weighted by Gasteiger charge is 2.29. The molecule has 0 radical (unpaired) electrons. The Bertz CT molecular complexity index is 1040. The number of nitrogens with zero attached hydrogens (tertiary/aromatic N) is 6. The first-order valence-electron chi connectivity index (χ1n) is 9.03. The number of rotatable bonds is 5. The number of aromatic nitrogens is 6. The highest BCUT2D eigenvalue weighted by molar-refractivity contribution is 7.88. The Kier molecular flexibility index (Phi) is 4.77. The zero-order valence-electron chi connectivity index (χ0n) is 15.6. The molecule has 0 aliphatic carbocycles. The van der Waals surface area contributed by atoms with Gasteiger partial charge >= 0.3 is 0 Å². The van der Waals surface area contributed by atoms with Gasteiger partial charge in [-0.1, -0.05) is 25.2 Å². The van der Waals surface area contributed by atoms with Crippen LogP contribution in [0.25, 0.3) is 15.7 Å². The van der Waals surface area contributed by atoms with E-state index in [0.717, 1.165) is 46.4 Å². The fourth-order valence-electron chi connectivity index (χ4n) is 3.45. The van der Waals surface area contributed by atoms with Crippen LogP contribution in [0.1, 0.15) is 44.1 Å². The number of aromatic amines is 1. The lowest BCUT2D eigenvalue weighted by Gasteiger charge is -2.28. The molecule has 27 heavy (non-hydrogen) atoms. The second kappa shape index (κ2) is 6.95. The molecule has 1 saturated heterocycles. The van der Waals surface area contributed by atoms with E-state index in [4.69, 9.17) is 0 Å². The first kappa shape index (κ1) is 18.5. The van der Waals surface area contributed by atoms with E-state index in [1.165, 1.54) is 21.9 Å². The largest absolute Gasteiger partial charge is 0.282 e. The number of hydrogen-bond donors (Lipinski definition) is 1. The normalized spacial score (nSPS) is 17.3. The molecule has 3 aromatic rings. The topological polar surface area (TPSA) is 109 Å². The summed E-state index contributed by atoms with van der Waals surface area (Å²) in [5, 5.41) is 21.5. The van der Waals surface area contributed by atoms with Gasteiger partial charge in [-0.3, -0.25) is 5.10 Å². The third-order valence-electron chi connectivity index (χ3n) is 4.78. The van der Waals surface area contributed by atoms with Crippen molar-refractivity contribution in [2.24, 2.45) is 5.92 Å². The van der Waals surface area contributed by atoms with Crippen LogP contribution in [-0.4, -0.2) is 62.1 Å². The van der Waals surface area contributed by atoms with Crippen molar-refractivity contribution in [2.45, 2.75) is 39.0 Å². The molecule has 0 aromatic carbocycles. The lowest BCUT2D eigenvalue weighted by molar-refractivity contribution is 0.313. The third-order valence-corrected chi connectivity index (χ3v) is 7.01. The van der Waals surface area contributed by atoms with Crippen molar-refractivity contribution in [3.8, 4) is 10.7 Å².